The van der Waals surface area contributed by atoms with Crippen LogP contribution in [0.5, 0.6) is 5.75 Å². The van der Waals surface area contributed by atoms with Crippen LogP contribution in [0.1, 0.15) is 12.5 Å². The molecule has 1 aromatic heterocycles. The van der Waals surface area contributed by atoms with Gasteiger partial charge in [0.25, 0.3) is 0 Å². The van der Waals surface area contributed by atoms with E-state index in [0.717, 1.165) is 21.6 Å². The quantitative estimate of drug-likeness (QED) is 0.509. The van der Waals surface area contributed by atoms with E-state index >= 15 is 0 Å². The van der Waals surface area contributed by atoms with Crippen molar-refractivity contribution in [1.29, 1.82) is 0 Å². The highest BCUT2D eigenvalue weighted by Gasteiger charge is 2.08. The van der Waals surface area contributed by atoms with Crippen LogP contribution in [0.3, 0.4) is 0 Å². The molecule has 3 rings (SSSR count). The fraction of sp³-hybridized carbons (Fsp3) is 0.111. The van der Waals surface area contributed by atoms with Gasteiger partial charge in [-0.05, 0) is 56.5 Å². The summed E-state index contributed by atoms with van der Waals surface area (Å²) >= 11 is 8.25. The number of rotatable bonds is 4. The van der Waals surface area contributed by atoms with Crippen LogP contribution < -0.4 is 4.80 Å². The Morgan fingerprint density at radius 3 is 2.48 bits per heavy atom. The number of aromatic hydroxyl groups is 1. The third-order valence-electron chi connectivity index (χ3n) is 3.41. The predicted octanol–water partition coefficient (Wildman–Crippen LogP) is 5.25. The fourth-order valence-corrected chi connectivity index (χ4v) is 4.37. The van der Waals surface area contributed by atoms with Gasteiger partial charge in [0.05, 0.1) is 20.9 Å². The number of hydrogen-bond acceptors (Lipinski definition) is 4. The first-order chi connectivity index (χ1) is 12.1. The summed E-state index contributed by atoms with van der Waals surface area (Å²) in [5.41, 5.74) is 2.93. The number of aromatic nitrogens is 1. The maximum absolute atomic E-state index is 9.83. The van der Waals surface area contributed by atoms with Gasteiger partial charge in [0.2, 0.25) is 4.80 Å². The molecule has 3 aromatic rings. The molecule has 0 bridgehead atoms. The topological polar surface area (TPSA) is 49.9 Å². The average molecular weight is 481 g/mol. The zero-order chi connectivity index (χ0) is 17.8. The van der Waals surface area contributed by atoms with Gasteiger partial charge in [-0.3, -0.25) is 4.99 Å². The Morgan fingerprint density at radius 2 is 1.84 bits per heavy atom. The summed E-state index contributed by atoms with van der Waals surface area (Å²) in [4.78, 5) is 5.37. The molecule has 0 aliphatic carbocycles. The summed E-state index contributed by atoms with van der Waals surface area (Å²) in [6.07, 6.45) is 1.75. The monoisotopic (exact) mass is 479 g/mol. The molecule has 7 heteroatoms. The molecule has 0 atom stereocenters. The molecule has 0 aliphatic rings. The number of nitrogens with zero attached hydrogens (tertiary/aromatic N) is 3. The van der Waals surface area contributed by atoms with Crippen LogP contribution in [0.4, 0.5) is 0 Å². The maximum Gasteiger partial charge on any atom is 0.206 e. The van der Waals surface area contributed by atoms with Crippen molar-refractivity contribution in [2.45, 2.75) is 6.92 Å². The second-order valence-electron chi connectivity index (χ2n) is 5.13. The molecule has 1 heterocycles. The fourth-order valence-electron chi connectivity index (χ4n) is 2.25. The maximum atomic E-state index is 9.83. The molecule has 0 spiro atoms. The van der Waals surface area contributed by atoms with E-state index in [9.17, 15) is 5.11 Å². The molecule has 2 aromatic carbocycles. The van der Waals surface area contributed by atoms with Gasteiger partial charge < -0.3 is 5.11 Å². The Morgan fingerprint density at radius 1 is 1.16 bits per heavy atom. The molecule has 0 saturated heterocycles. The molecule has 1 N–H and O–H groups in total. The average Bonchev–Trinajstić information content (AvgIpc) is 3.01. The third-order valence-corrected chi connectivity index (χ3v) is 5.47. The predicted molar refractivity (Wildman–Crippen MR) is 110 cm³/mol. The van der Waals surface area contributed by atoms with Crippen molar-refractivity contribution in [2.24, 2.45) is 10.1 Å². The molecule has 25 heavy (non-hydrogen) atoms. The van der Waals surface area contributed by atoms with Crippen molar-refractivity contribution < 1.29 is 5.11 Å². The number of halogens is 2. The van der Waals surface area contributed by atoms with E-state index in [1.807, 2.05) is 41.9 Å². The minimum absolute atomic E-state index is 0.173. The highest BCUT2D eigenvalue weighted by Crippen LogP contribution is 2.32. The van der Waals surface area contributed by atoms with Crippen molar-refractivity contribution in [2.75, 3.05) is 6.54 Å². The summed E-state index contributed by atoms with van der Waals surface area (Å²) in [6.45, 7) is 2.70. The van der Waals surface area contributed by atoms with Crippen LogP contribution in [0, 0.1) is 0 Å². The van der Waals surface area contributed by atoms with Gasteiger partial charge in [0, 0.05) is 17.5 Å². The van der Waals surface area contributed by atoms with Crippen LogP contribution in [0.2, 0.25) is 0 Å². The normalized spacial score (nSPS) is 12.2. The van der Waals surface area contributed by atoms with E-state index < -0.39 is 0 Å². The van der Waals surface area contributed by atoms with E-state index in [-0.39, 0.29) is 5.75 Å². The zero-order valence-electron chi connectivity index (χ0n) is 13.4. The molecular formula is C18H15Br2N3OS. The number of hydrogen-bond donors (Lipinski definition) is 1. The Kier molecular flexibility index (Phi) is 5.88. The van der Waals surface area contributed by atoms with E-state index in [1.54, 1.807) is 17.6 Å². The smallest absolute Gasteiger partial charge is 0.206 e. The first-order valence-electron chi connectivity index (χ1n) is 7.59. The molecule has 128 valence electrons. The number of phenolic OH excluding ortho intramolecular Hbond substituents is 1. The number of benzene rings is 2. The Labute approximate surface area is 166 Å². The van der Waals surface area contributed by atoms with Crippen LogP contribution in [-0.4, -0.2) is 22.5 Å². The molecule has 0 unspecified atom stereocenters. The lowest BCUT2D eigenvalue weighted by Crippen LogP contribution is -2.12. The van der Waals surface area contributed by atoms with Crippen molar-refractivity contribution in [1.82, 2.24) is 4.68 Å². The van der Waals surface area contributed by atoms with Gasteiger partial charge >= 0.3 is 0 Å². The second-order valence-corrected chi connectivity index (χ2v) is 7.68. The first-order valence-corrected chi connectivity index (χ1v) is 10.1. The minimum Gasteiger partial charge on any atom is -0.506 e. The second kappa shape index (κ2) is 8.12. The minimum atomic E-state index is 0.173. The third kappa shape index (κ3) is 4.11. The largest absolute Gasteiger partial charge is 0.506 e. The van der Waals surface area contributed by atoms with Gasteiger partial charge in [0.15, 0.2) is 0 Å². The van der Waals surface area contributed by atoms with Gasteiger partial charge in [-0.25, -0.2) is 4.68 Å². The number of thiazole rings is 1. The van der Waals surface area contributed by atoms with Crippen molar-refractivity contribution >= 4 is 49.4 Å². The van der Waals surface area contributed by atoms with Crippen LogP contribution in [-0.2, 0) is 0 Å². The summed E-state index contributed by atoms with van der Waals surface area (Å²) in [7, 11) is 0. The van der Waals surface area contributed by atoms with Crippen molar-refractivity contribution in [3.63, 3.8) is 0 Å². The number of phenols is 1. The standard InChI is InChI=1S/C18H15Br2N3OS/c1-2-21-18-23(16(11-25-18)13-6-4-3-5-7-13)22-10-12-8-14(19)17(24)15(20)9-12/h3-11,24H,2H2,1H3. The molecule has 0 saturated carbocycles. The highest BCUT2D eigenvalue weighted by molar-refractivity contribution is 9.11. The molecule has 0 fully saturated rings. The highest BCUT2D eigenvalue weighted by atomic mass is 79.9. The lowest BCUT2D eigenvalue weighted by Gasteiger charge is -2.04. The SMILES string of the molecule is CCN=c1scc(-c2ccccc2)n1N=Cc1cc(Br)c(O)c(Br)c1. The van der Waals surface area contributed by atoms with Crippen molar-refractivity contribution in [3.8, 4) is 17.0 Å². The molecule has 0 radical (unpaired) electrons. The van der Waals surface area contributed by atoms with Crippen LogP contribution in [0.15, 0.2) is 66.9 Å². The van der Waals surface area contributed by atoms with Crippen molar-refractivity contribution in [3.05, 3.63) is 67.2 Å². The van der Waals surface area contributed by atoms with E-state index in [2.05, 4.69) is 59.5 Å². The zero-order valence-corrected chi connectivity index (χ0v) is 17.3. The van der Waals surface area contributed by atoms with Gasteiger partial charge in [0.1, 0.15) is 5.75 Å². The summed E-state index contributed by atoms with van der Waals surface area (Å²) < 4.78 is 3.07. The molecule has 4 nitrogen and oxygen atoms in total. The van der Waals surface area contributed by atoms with E-state index in [0.29, 0.717) is 15.5 Å². The first kappa shape index (κ1) is 18.1. The molecule has 0 aliphatic heterocycles. The summed E-state index contributed by atoms with van der Waals surface area (Å²) in [5.74, 6) is 0.173. The Bertz CT molecular complexity index is 954. The van der Waals surface area contributed by atoms with E-state index in [4.69, 9.17) is 0 Å². The Balaban J connectivity index is 2.07. The molecular weight excluding hydrogens is 466 g/mol. The summed E-state index contributed by atoms with van der Waals surface area (Å²) in [5, 5.41) is 16.5. The lowest BCUT2D eigenvalue weighted by atomic mass is 10.2. The van der Waals surface area contributed by atoms with Crippen LogP contribution in [0.25, 0.3) is 11.3 Å². The van der Waals surface area contributed by atoms with Gasteiger partial charge in [-0.1, -0.05) is 30.3 Å². The van der Waals surface area contributed by atoms with Gasteiger partial charge in [-0.2, -0.15) is 5.10 Å². The van der Waals surface area contributed by atoms with Crippen LogP contribution >= 0.6 is 43.2 Å². The lowest BCUT2D eigenvalue weighted by molar-refractivity contribution is 0.468. The molecule has 0 amide bonds. The van der Waals surface area contributed by atoms with E-state index in [1.165, 1.54) is 0 Å². The Hall–Kier alpha value is -1.70. The van der Waals surface area contributed by atoms with Gasteiger partial charge in [-0.15, -0.1) is 11.3 Å². The summed E-state index contributed by atoms with van der Waals surface area (Å²) in [6, 6.07) is 13.7.